The summed E-state index contributed by atoms with van der Waals surface area (Å²) in [5, 5.41) is 47.1. The molecule has 0 radical (unpaired) electrons. The zero-order valence-corrected chi connectivity index (χ0v) is 35.6. The number of piperidine rings is 1. The maximum Gasteiger partial charge on any atom is 0.243 e. The summed E-state index contributed by atoms with van der Waals surface area (Å²) in [6.45, 7) is 7.80. The number of carbonyl (C=O) groups excluding carboxylic acids is 2. The van der Waals surface area contributed by atoms with Crippen LogP contribution in [0.15, 0.2) is 88.9 Å². The van der Waals surface area contributed by atoms with Gasteiger partial charge in [-0.2, -0.15) is 0 Å². The van der Waals surface area contributed by atoms with Crippen LogP contribution in [0.5, 0.6) is 5.75 Å². The average Bonchev–Trinajstić information content (AvgIpc) is 4.10. The van der Waals surface area contributed by atoms with E-state index in [-0.39, 0.29) is 36.4 Å². The second-order valence-corrected chi connectivity index (χ2v) is 18.0. The molecule has 312 valence electrons. The summed E-state index contributed by atoms with van der Waals surface area (Å²) < 4.78 is 5.79. The van der Waals surface area contributed by atoms with Crippen molar-refractivity contribution in [1.29, 1.82) is 0 Å². The summed E-state index contributed by atoms with van der Waals surface area (Å²) in [4.78, 5) is 39.0. The molecule has 2 aromatic carbocycles. The molecule has 3 atom stereocenters. The van der Waals surface area contributed by atoms with Crippen LogP contribution in [0.25, 0.3) is 43.3 Å². The van der Waals surface area contributed by atoms with Crippen molar-refractivity contribution in [2.45, 2.75) is 70.6 Å². The molecule has 2 aliphatic heterocycles. The van der Waals surface area contributed by atoms with E-state index in [1.54, 1.807) is 40.9 Å². The molecule has 7 heterocycles. The first-order valence-electron chi connectivity index (χ1n) is 20.5. The molecule has 0 unspecified atom stereocenters. The van der Waals surface area contributed by atoms with E-state index in [1.165, 1.54) is 9.78 Å². The summed E-state index contributed by atoms with van der Waals surface area (Å²) in [6.07, 6.45) is 1.23. The lowest BCUT2D eigenvalue weighted by Gasteiger charge is -2.32. The first-order valence-corrected chi connectivity index (χ1v) is 22.2. The van der Waals surface area contributed by atoms with Crippen molar-refractivity contribution in [2.75, 3.05) is 24.5 Å². The van der Waals surface area contributed by atoms with E-state index in [2.05, 4.69) is 46.8 Å². The maximum atomic E-state index is 14.2. The van der Waals surface area contributed by atoms with Crippen molar-refractivity contribution in [3.8, 4) is 38.8 Å². The van der Waals surface area contributed by atoms with Gasteiger partial charge in [-0.1, -0.05) is 55.4 Å². The number of aryl methyl sites for hydroxylation is 1. The van der Waals surface area contributed by atoms with Crippen LogP contribution in [0, 0.1) is 12.8 Å². The van der Waals surface area contributed by atoms with Crippen LogP contribution in [0.4, 0.5) is 5.82 Å². The molecule has 2 amide bonds. The van der Waals surface area contributed by atoms with Crippen LogP contribution in [-0.4, -0.2) is 89.2 Å². The predicted molar refractivity (Wildman–Crippen MR) is 234 cm³/mol. The number of para-hydroxylation sites is 1. The van der Waals surface area contributed by atoms with Gasteiger partial charge >= 0.3 is 0 Å². The summed E-state index contributed by atoms with van der Waals surface area (Å²) in [7, 11) is 0. The normalized spacial score (nSPS) is 17.7. The summed E-state index contributed by atoms with van der Waals surface area (Å²) in [5.74, 6) is 0.169. The molecule has 0 saturated carbocycles. The molecule has 7 aromatic rings. The second-order valence-electron chi connectivity index (χ2n) is 16.1. The molecule has 2 aliphatic rings. The molecule has 9 rings (SSSR count). The van der Waals surface area contributed by atoms with Gasteiger partial charge in [-0.25, -0.2) is 4.98 Å². The van der Waals surface area contributed by atoms with Crippen molar-refractivity contribution >= 4 is 50.5 Å². The van der Waals surface area contributed by atoms with Crippen LogP contribution in [0.3, 0.4) is 0 Å². The van der Waals surface area contributed by atoms with Gasteiger partial charge in [-0.3, -0.25) is 9.59 Å². The number of nitrogens with zero attached hydrogens (tertiary/aromatic N) is 8. The molecule has 0 spiro atoms. The third kappa shape index (κ3) is 8.35. The van der Waals surface area contributed by atoms with E-state index < -0.39 is 18.1 Å². The Bertz CT molecular complexity index is 2670. The highest BCUT2D eigenvalue weighted by atomic mass is 32.1. The van der Waals surface area contributed by atoms with Crippen molar-refractivity contribution in [3.05, 3.63) is 106 Å². The van der Waals surface area contributed by atoms with Crippen molar-refractivity contribution in [2.24, 2.45) is 5.92 Å². The number of rotatable bonds is 11. The van der Waals surface area contributed by atoms with Gasteiger partial charge in [0.2, 0.25) is 11.8 Å². The number of thiophene rings is 1. The number of amides is 2. The lowest BCUT2D eigenvalue weighted by atomic mass is 9.91. The van der Waals surface area contributed by atoms with Gasteiger partial charge in [0.1, 0.15) is 39.7 Å². The molecule has 16 heteroatoms. The van der Waals surface area contributed by atoms with Gasteiger partial charge in [0.25, 0.3) is 0 Å². The molecular formula is C45H45N9O5S2. The third-order valence-electron chi connectivity index (χ3n) is 11.7. The minimum Gasteiger partial charge on any atom is -0.507 e. The zero-order chi connectivity index (χ0) is 42.2. The molecule has 2 saturated heterocycles. The summed E-state index contributed by atoms with van der Waals surface area (Å²) in [6, 6.07) is 24.0. The molecule has 0 bridgehead atoms. The Morgan fingerprint density at radius 1 is 0.934 bits per heavy atom. The maximum absolute atomic E-state index is 14.2. The number of aromatic nitrogens is 6. The lowest BCUT2D eigenvalue weighted by molar-refractivity contribution is -0.141. The Balaban J connectivity index is 0.816. The van der Waals surface area contributed by atoms with E-state index in [9.17, 15) is 19.8 Å². The van der Waals surface area contributed by atoms with E-state index in [1.807, 2.05) is 80.9 Å². The number of likely N-dealkylation sites (tertiary alicyclic amines) is 1. The number of aliphatic hydroxyl groups is 1. The van der Waals surface area contributed by atoms with Crippen molar-refractivity contribution in [1.82, 2.24) is 40.8 Å². The Morgan fingerprint density at radius 2 is 1.72 bits per heavy atom. The number of aliphatic hydroxyl groups excluding tert-OH is 1. The standard InChI is InChI=1S/C45H45N9O5S2/c1-25(2)41(45(58)54-23-31(55)20-36(54)43(57)46-22-27-8-10-29(11-9-27)42-26(3)47-24-60-42)38-21-35(52-59-38)33-12-13-40(50-48-33)53-16-14-28(15-17-53)39-19-30-18-34(49-51-44(30)61-39)32-6-4-5-7-37(32)56/h4-13,18-19,21,24-25,28,31,36,41,55-56H,14-17,20,22-23H2,1-3H3,(H,46,57)/t31-,36+,41-/m1/s1. The molecular weight excluding hydrogens is 811 g/mol. The number of carbonyl (C=O) groups is 2. The predicted octanol–water partition coefficient (Wildman–Crippen LogP) is 7.34. The number of benzene rings is 2. The van der Waals surface area contributed by atoms with Crippen LogP contribution in [-0.2, 0) is 16.1 Å². The molecule has 61 heavy (non-hydrogen) atoms. The summed E-state index contributed by atoms with van der Waals surface area (Å²) >= 11 is 3.26. The number of hydrogen-bond donors (Lipinski definition) is 3. The summed E-state index contributed by atoms with van der Waals surface area (Å²) in [5.41, 5.74) is 7.08. The molecule has 2 fully saturated rings. The van der Waals surface area contributed by atoms with Crippen LogP contribution >= 0.6 is 22.7 Å². The second kappa shape index (κ2) is 17.1. The van der Waals surface area contributed by atoms with Crippen LogP contribution < -0.4 is 10.2 Å². The molecule has 3 N–H and O–H groups in total. The number of phenols is 1. The minimum atomic E-state index is -0.824. The Labute approximate surface area is 360 Å². The largest absolute Gasteiger partial charge is 0.507 e. The zero-order valence-electron chi connectivity index (χ0n) is 33.9. The first kappa shape index (κ1) is 40.3. The van der Waals surface area contributed by atoms with E-state index in [4.69, 9.17) is 4.52 Å². The number of aromatic hydroxyl groups is 1. The number of fused-ring (bicyclic) bond motifs is 1. The number of β-amino-alcohol motifs (C(OH)–C–C–N with tert-alkyl or cyclic N) is 1. The number of phenolic OH excluding ortho intramolecular Hbond substituents is 1. The number of hydrogen-bond acceptors (Lipinski definition) is 14. The Kier molecular flexibility index (Phi) is 11.3. The van der Waals surface area contributed by atoms with Gasteiger partial charge in [0, 0.05) is 54.5 Å². The third-order valence-corrected chi connectivity index (χ3v) is 13.9. The van der Waals surface area contributed by atoms with Gasteiger partial charge in [-0.05, 0) is 79.1 Å². The highest BCUT2D eigenvalue weighted by Gasteiger charge is 2.43. The van der Waals surface area contributed by atoms with Crippen molar-refractivity contribution in [3.63, 3.8) is 0 Å². The number of anilines is 1. The first-order chi connectivity index (χ1) is 29.6. The van der Waals surface area contributed by atoms with Gasteiger partial charge in [0.15, 0.2) is 5.82 Å². The lowest BCUT2D eigenvalue weighted by Crippen LogP contribution is -2.48. The topological polar surface area (TPSA) is 184 Å². The smallest absolute Gasteiger partial charge is 0.243 e. The monoisotopic (exact) mass is 855 g/mol. The highest BCUT2D eigenvalue weighted by Crippen LogP contribution is 2.39. The fourth-order valence-corrected chi connectivity index (χ4v) is 10.3. The number of thiazole rings is 1. The SMILES string of the molecule is Cc1ncsc1-c1ccc(CNC(=O)[C@@H]2C[C@@H](O)CN2C(=O)[C@@H](c2cc(-c3ccc(N4CCC(c5cc6cc(-c7ccccc7O)nnc6s5)CC4)nn3)no2)C(C)C)cc1. The number of nitrogens with one attached hydrogen (secondary N) is 1. The Morgan fingerprint density at radius 3 is 2.44 bits per heavy atom. The van der Waals surface area contributed by atoms with Crippen LogP contribution in [0.2, 0.25) is 0 Å². The minimum absolute atomic E-state index is 0.0503. The van der Waals surface area contributed by atoms with Gasteiger partial charge in [-0.15, -0.1) is 43.1 Å². The Hall–Kier alpha value is -6.10. The quantitative estimate of drug-likeness (QED) is 0.118. The van der Waals surface area contributed by atoms with Crippen LogP contribution in [0.1, 0.15) is 66.8 Å². The molecule has 0 aliphatic carbocycles. The van der Waals surface area contributed by atoms with E-state index in [0.29, 0.717) is 40.9 Å². The van der Waals surface area contributed by atoms with Gasteiger partial charge in [0.05, 0.1) is 27.9 Å². The fourth-order valence-electron chi connectivity index (χ4n) is 8.36. The fraction of sp³-hybridized carbons (Fsp3) is 0.333. The molecule has 5 aromatic heterocycles. The van der Waals surface area contributed by atoms with Gasteiger partial charge < -0.3 is 29.9 Å². The highest BCUT2D eigenvalue weighted by molar-refractivity contribution is 7.18. The van der Waals surface area contributed by atoms with E-state index >= 15 is 0 Å². The van der Waals surface area contributed by atoms with E-state index in [0.717, 1.165) is 63.7 Å². The molecule has 14 nitrogen and oxygen atoms in total. The van der Waals surface area contributed by atoms with Crippen molar-refractivity contribution < 1.29 is 24.3 Å². The average molecular weight is 856 g/mol.